The molecule has 0 bridgehead atoms. The molecule has 0 saturated heterocycles. The van der Waals surface area contributed by atoms with Crippen molar-refractivity contribution < 1.29 is 0 Å². The fraction of sp³-hybridized carbons (Fsp3) is 0.600. The molecule has 0 aliphatic rings. The first-order chi connectivity index (χ1) is 4.22. The predicted molar refractivity (Wildman–Crippen MR) is 52.3 cm³/mol. The van der Waals surface area contributed by atoms with Crippen LogP contribution < -0.4 is 0 Å². The fourth-order valence-corrected chi connectivity index (χ4v) is 0.204. The van der Waals surface area contributed by atoms with Gasteiger partial charge in [-0.15, -0.1) is 6.58 Å². The molecule has 0 unspecified atom stereocenters. The maximum Gasteiger partial charge on any atom is -0.0352 e. The zero-order chi connectivity index (χ0) is 7.70. The molecule has 62 valence electrons. The fourth-order valence-electron chi connectivity index (χ4n) is 0.204. The number of hydrogen-bond donors (Lipinski definition) is 0. The lowest BCUT2D eigenvalue weighted by molar-refractivity contribution is 1.09. The molecule has 0 aliphatic carbocycles. The average molecular weight is 142 g/mol. The van der Waals surface area contributed by atoms with Crippen LogP contribution in [-0.2, 0) is 0 Å². The molecule has 0 spiro atoms. The Morgan fingerprint density at radius 3 is 1.70 bits per heavy atom. The third kappa shape index (κ3) is 25.9. The van der Waals surface area contributed by atoms with Crippen LogP contribution in [-0.4, -0.2) is 0 Å². The number of hydrogen-bond acceptors (Lipinski definition) is 0. The van der Waals surface area contributed by atoms with Gasteiger partial charge < -0.3 is 0 Å². The summed E-state index contributed by atoms with van der Waals surface area (Å²) in [6.07, 6.45) is 5.08. The highest BCUT2D eigenvalue weighted by Gasteiger charge is 1.73. The SMILES string of the molecule is C.C/C=C(/C)CC.C=CC. The van der Waals surface area contributed by atoms with Gasteiger partial charge in [0.15, 0.2) is 0 Å². The first-order valence-electron chi connectivity index (χ1n) is 3.41. The predicted octanol–water partition coefficient (Wildman–Crippen LogP) is 4.19. The summed E-state index contributed by atoms with van der Waals surface area (Å²) in [4.78, 5) is 0. The van der Waals surface area contributed by atoms with E-state index in [0.717, 1.165) is 0 Å². The van der Waals surface area contributed by atoms with Gasteiger partial charge in [-0.25, -0.2) is 0 Å². The smallest absolute Gasteiger partial charge is 0.0352 e. The van der Waals surface area contributed by atoms with Gasteiger partial charge in [-0.3, -0.25) is 0 Å². The minimum Gasteiger partial charge on any atom is -0.103 e. The van der Waals surface area contributed by atoms with Crippen LogP contribution in [0.2, 0.25) is 0 Å². The van der Waals surface area contributed by atoms with E-state index in [1.165, 1.54) is 12.0 Å². The number of rotatable bonds is 1. The molecule has 10 heavy (non-hydrogen) atoms. The molecule has 0 nitrogen and oxygen atoms in total. The first-order valence-corrected chi connectivity index (χ1v) is 3.41. The van der Waals surface area contributed by atoms with Gasteiger partial charge in [-0.1, -0.05) is 32.1 Å². The summed E-state index contributed by atoms with van der Waals surface area (Å²) in [6.45, 7) is 11.6. The van der Waals surface area contributed by atoms with E-state index >= 15 is 0 Å². The average Bonchev–Trinajstić information content (AvgIpc) is 1.88. The van der Waals surface area contributed by atoms with Crippen molar-refractivity contribution in [2.24, 2.45) is 0 Å². The lowest BCUT2D eigenvalue weighted by Gasteiger charge is -1.85. The van der Waals surface area contributed by atoms with Crippen molar-refractivity contribution in [1.82, 2.24) is 0 Å². The second-order valence-electron chi connectivity index (χ2n) is 1.90. The van der Waals surface area contributed by atoms with Gasteiger partial charge in [0.05, 0.1) is 0 Å². The molecule has 0 aromatic heterocycles. The van der Waals surface area contributed by atoms with E-state index in [0.29, 0.717) is 0 Å². The van der Waals surface area contributed by atoms with Crippen molar-refractivity contribution in [3.8, 4) is 0 Å². The van der Waals surface area contributed by atoms with Crippen molar-refractivity contribution in [2.75, 3.05) is 0 Å². The van der Waals surface area contributed by atoms with E-state index in [1.54, 1.807) is 6.08 Å². The quantitative estimate of drug-likeness (QED) is 0.481. The standard InChI is InChI=1S/C6H12.C3H6.CH4/c1-4-6(3)5-2;1-3-2;/h4H,5H2,1-3H3;3H,1H2,2H3;1H4/b6-4-;;. The summed E-state index contributed by atoms with van der Waals surface area (Å²) in [5.41, 5.74) is 1.47. The molecule has 0 aromatic carbocycles. The first kappa shape index (κ1) is 16.2. The minimum atomic E-state index is 0. The van der Waals surface area contributed by atoms with E-state index in [1.807, 2.05) is 6.92 Å². The van der Waals surface area contributed by atoms with Crippen LogP contribution >= 0.6 is 0 Å². The summed E-state index contributed by atoms with van der Waals surface area (Å²) in [6, 6.07) is 0. The van der Waals surface area contributed by atoms with Crippen molar-refractivity contribution >= 4 is 0 Å². The Balaban J connectivity index is -0.000000107. The highest BCUT2D eigenvalue weighted by Crippen LogP contribution is 1.94. The number of allylic oxidation sites excluding steroid dienone is 3. The van der Waals surface area contributed by atoms with Gasteiger partial charge in [0.2, 0.25) is 0 Å². The largest absolute Gasteiger partial charge is 0.103 e. The molecule has 0 fully saturated rings. The van der Waals surface area contributed by atoms with Gasteiger partial charge in [0.25, 0.3) is 0 Å². The molecule has 0 heteroatoms. The summed E-state index contributed by atoms with van der Waals surface area (Å²) in [5, 5.41) is 0. The van der Waals surface area contributed by atoms with Gasteiger partial charge in [-0.2, -0.15) is 0 Å². The maximum atomic E-state index is 3.36. The highest BCUT2D eigenvalue weighted by atomic mass is 13.8. The van der Waals surface area contributed by atoms with Crippen molar-refractivity contribution in [1.29, 1.82) is 0 Å². The van der Waals surface area contributed by atoms with Crippen LogP contribution in [0.25, 0.3) is 0 Å². The van der Waals surface area contributed by atoms with E-state index in [2.05, 4.69) is 33.4 Å². The lowest BCUT2D eigenvalue weighted by Crippen LogP contribution is -1.63. The Bertz CT molecular complexity index is 78.0. The van der Waals surface area contributed by atoms with Gasteiger partial charge in [0.1, 0.15) is 0 Å². The summed E-state index contributed by atoms with van der Waals surface area (Å²) >= 11 is 0. The zero-order valence-electron chi connectivity index (χ0n) is 7.07. The van der Waals surface area contributed by atoms with Gasteiger partial charge in [-0.05, 0) is 27.2 Å². The monoisotopic (exact) mass is 142 g/mol. The van der Waals surface area contributed by atoms with Crippen LogP contribution in [0.15, 0.2) is 24.3 Å². The minimum absolute atomic E-state index is 0. The Kier molecular flexibility index (Phi) is 25.7. The zero-order valence-corrected chi connectivity index (χ0v) is 7.07. The lowest BCUT2D eigenvalue weighted by atomic mass is 10.2. The molecular formula is C10H22. The topological polar surface area (TPSA) is 0 Å². The Morgan fingerprint density at radius 1 is 1.40 bits per heavy atom. The molecule has 0 rings (SSSR count). The van der Waals surface area contributed by atoms with E-state index < -0.39 is 0 Å². The summed E-state index contributed by atoms with van der Waals surface area (Å²) in [5.74, 6) is 0. The molecule has 0 atom stereocenters. The molecule has 0 N–H and O–H groups in total. The Labute approximate surface area is 66.7 Å². The Morgan fingerprint density at radius 2 is 1.70 bits per heavy atom. The van der Waals surface area contributed by atoms with Crippen molar-refractivity contribution in [3.63, 3.8) is 0 Å². The van der Waals surface area contributed by atoms with Gasteiger partial charge in [0, 0.05) is 0 Å². The van der Waals surface area contributed by atoms with Crippen LogP contribution in [0.3, 0.4) is 0 Å². The van der Waals surface area contributed by atoms with E-state index in [4.69, 9.17) is 0 Å². The Hall–Kier alpha value is -0.520. The molecule has 0 amide bonds. The highest BCUT2D eigenvalue weighted by molar-refractivity contribution is 4.93. The molecular weight excluding hydrogens is 120 g/mol. The van der Waals surface area contributed by atoms with Crippen LogP contribution in [0, 0.1) is 0 Å². The normalized spacial score (nSPS) is 8.60. The molecule has 0 heterocycles. The van der Waals surface area contributed by atoms with E-state index in [-0.39, 0.29) is 7.43 Å². The molecule has 0 aromatic rings. The molecule has 0 radical (unpaired) electrons. The summed E-state index contributed by atoms with van der Waals surface area (Å²) in [7, 11) is 0. The second-order valence-corrected chi connectivity index (χ2v) is 1.90. The third-order valence-corrected chi connectivity index (χ3v) is 1.05. The maximum absolute atomic E-state index is 3.36. The van der Waals surface area contributed by atoms with Gasteiger partial charge >= 0.3 is 0 Å². The third-order valence-electron chi connectivity index (χ3n) is 1.05. The molecule has 0 aliphatic heterocycles. The van der Waals surface area contributed by atoms with Crippen LogP contribution in [0.5, 0.6) is 0 Å². The van der Waals surface area contributed by atoms with Crippen molar-refractivity contribution in [3.05, 3.63) is 24.3 Å². The van der Waals surface area contributed by atoms with Crippen LogP contribution in [0.1, 0.15) is 41.5 Å². The van der Waals surface area contributed by atoms with Crippen molar-refractivity contribution in [2.45, 2.75) is 41.5 Å². The summed E-state index contributed by atoms with van der Waals surface area (Å²) < 4.78 is 0. The van der Waals surface area contributed by atoms with Crippen LogP contribution in [0.4, 0.5) is 0 Å². The molecule has 0 saturated carbocycles. The second kappa shape index (κ2) is 15.8. The van der Waals surface area contributed by atoms with E-state index in [9.17, 15) is 0 Å².